The highest BCUT2D eigenvalue weighted by Crippen LogP contribution is 2.32. The average molecular weight is 285 g/mol. The zero-order chi connectivity index (χ0) is 14.1. The van der Waals surface area contributed by atoms with Crippen molar-refractivity contribution in [2.75, 3.05) is 0 Å². The van der Waals surface area contributed by atoms with Gasteiger partial charge in [0.25, 0.3) is 0 Å². The monoisotopic (exact) mass is 284 g/mol. The number of rotatable bonds is 2. The number of halogens is 1. The van der Waals surface area contributed by atoms with Gasteiger partial charge in [-0.3, -0.25) is 5.10 Å². The number of aryl methyl sites for hydroxylation is 1. The second-order valence-corrected chi connectivity index (χ2v) is 5.08. The maximum atomic E-state index is 9.91. The van der Waals surface area contributed by atoms with Crippen molar-refractivity contribution in [2.45, 2.75) is 6.92 Å². The van der Waals surface area contributed by atoms with Crippen molar-refractivity contribution in [1.82, 2.24) is 10.2 Å². The van der Waals surface area contributed by atoms with Crippen molar-refractivity contribution in [3.05, 3.63) is 59.1 Å². The lowest BCUT2D eigenvalue weighted by Gasteiger charge is -2.02. The molecule has 2 aromatic carbocycles. The van der Waals surface area contributed by atoms with E-state index >= 15 is 0 Å². The van der Waals surface area contributed by atoms with E-state index in [2.05, 4.69) is 10.2 Å². The number of benzene rings is 2. The van der Waals surface area contributed by atoms with Crippen LogP contribution in [0, 0.1) is 6.92 Å². The smallest absolute Gasteiger partial charge is 0.125 e. The molecule has 4 heteroatoms. The van der Waals surface area contributed by atoms with Crippen LogP contribution in [0.25, 0.3) is 22.5 Å². The average Bonchev–Trinajstić information content (AvgIpc) is 2.91. The van der Waals surface area contributed by atoms with E-state index in [1.165, 1.54) is 0 Å². The van der Waals surface area contributed by atoms with Crippen molar-refractivity contribution in [2.24, 2.45) is 0 Å². The third-order valence-corrected chi connectivity index (χ3v) is 3.48. The van der Waals surface area contributed by atoms with Gasteiger partial charge in [0.05, 0.1) is 11.4 Å². The molecule has 0 bridgehead atoms. The number of aromatic nitrogens is 2. The van der Waals surface area contributed by atoms with E-state index in [1.54, 1.807) is 18.2 Å². The van der Waals surface area contributed by atoms with Gasteiger partial charge in [-0.15, -0.1) is 0 Å². The fourth-order valence-electron chi connectivity index (χ4n) is 2.19. The van der Waals surface area contributed by atoms with Gasteiger partial charge in [0.1, 0.15) is 5.75 Å². The van der Waals surface area contributed by atoms with Crippen molar-refractivity contribution in [1.29, 1.82) is 0 Å². The molecule has 0 amide bonds. The molecule has 0 aliphatic heterocycles. The molecule has 20 heavy (non-hydrogen) atoms. The van der Waals surface area contributed by atoms with E-state index in [-0.39, 0.29) is 5.75 Å². The van der Waals surface area contributed by atoms with Gasteiger partial charge in [0.15, 0.2) is 0 Å². The van der Waals surface area contributed by atoms with E-state index in [9.17, 15) is 5.11 Å². The summed E-state index contributed by atoms with van der Waals surface area (Å²) in [5, 5.41) is 17.7. The first-order valence-electron chi connectivity index (χ1n) is 6.25. The summed E-state index contributed by atoms with van der Waals surface area (Å²) in [5.41, 5.74) is 4.46. The largest absolute Gasteiger partial charge is 0.507 e. The number of phenols is 1. The zero-order valence-electron chi connectivity index (χ0n) is 10.9. The molecule has 2 N–H and O–H groups in total. The first kappa shape index (κ1) is 12.8. The highest BCUT2D eigenvalue weighted by Gasteiger charge is 2.11. The summed E-state index contributed by atoms with van der Waals surface area (Å²) in [6.07, 6.45) is 0. The highest BCUT2D eigenvalue weighted by atomic mass is 35.5. The Bertz CT molecular complexity index is 765. The van der Waals surface area contributed by atoms with Crippen LogP contribution in [0.5, 0.6) is 5.75 Å². The van der Waals surface area contributed by atoms with E-state index in [4.69, 9.17) is 11.6 Å². The van der Waals surface area contributed by atoms with Crippen molar-refractivity contribution < 1.29 is 5.11 Å². The number of hydrogen-bond acceptors (Lipinski definition) is 2. The van der Waals surface area contributed by atoms with Gasteiger partial charge in [-0.25, -0.2) is 0 Å². The number of nitrogens with one attached hydrogen (secondary N) is 1. The lowest BCUT2D eigenvalue weighted by Crippen LogP contribution is -1.81. The Balaban J connectivity index is 2.07. The lowest BCUT2D eigenvalue weighted by molar-refractivity contribution is 0.477. The molecular weight excluding hydrogens is 272 g/mol. The Labute approximate surface area is 121 Å². The highest BCUT2D eigenvalue weighted by molar-refractivity contribution is 6.30. The maximum Gasteiger partial charge on any atom is 0.125 e. The predicted molar refractivity (Wildman–Crippen MR) is 80.9 cm³/mol. The predicted octanol–water partition coefficient (Wildman–Crippen LogP) is 4.41. The Hall–Kier alpha value is -2.26. The van der Waals surface area contributed by atoms with Gasteiger partial charge >= 0.3 is 0 Å². The summed E-state index contributed by atoms with van der Waals surface area (Å²) < 4.78 is 0. The molecule has 3 aromatic rings. The molecule has 3 nitrogen and oxygen atoms in total. The third-order valence-electron chi connectivity index (χ3n) is 3.25. The molecule has 3 rings (SSSR count). The van der Waals surface area contributed by atoms with Crippen LogP contribution in [0.2, 0.25) is 5.02 Å². The van der Waals surface area contributed by atoms with Crippen LogP contribution in [-0.2, 0) is 0 Å². The minimum Gasteiger partial charge on any atom is -0.507 e. The second kappa shape index (κ2) is 5.02. The fraction of sp³-hybridized carbons (Fsp3) is 0.0625. The van der Waals surface area contributed by atoms with Crippen molar-refractivity contribution in [3.8, 4) is 28.3 Å². The molecular formula is C16H13ClN2O. The Morgan fingerprint density at radius 3 is 2.65 bits per heavy atom. The molecule has 0 spiro atoms. The van der Waals surface area contributed by atoms with Gasteiger partial charge in [-0.1, -0.05) is 35.9 Å². The fourth-order valence-corrected chi connectivity index (χ4v) is 2.36. The number of phenolic OH excluding ortho intramolecular Hbond substituents is 1. The number of aromatic hydroxyl groups is 1. The molecule has 0 saturated heterocycles. The van der Waals surface area contributed by atoms with Gasteiger partial charge in [0, 0.05) is 16.1 Å². The SMILES string of the molecule is Cc1ccccc1-c1cc(-c2cc(Cl)ccc2O)n[nH]1. The van der Waals surface area contributed by atoms with Crippen LogP contribution in [0.4, 0.5) is 0 Å². The normalized spacial score (nSPS) is 10.7. The maximum absolute atomic E-state index is 9.91. The summed E-state index contributed by atoms with van der Waals surface area (Å²) in [6, 6.07) is 14.9. The van der Waals surface area contributed by atoms with Crippen LogP contribution in [-0.4, -0.2) is 15.3 Å². The molecule has 0 saturated carbocycles. The minimum atomic E-state index is 0.164. The number of nitrogens with zero attached hydrogens (tertiary/aromatic N) is 1. The number of aromatic amines is 1. The van der Waals surface area contributed by atoms with E-state index in [0.717, 1.165) is 16.8 Å². The Morgan fingerprint density at radius 1 is 1.05 bits per heavy atom. The molecule has 0 aliphatic carbocycles. The quantitative estimate of drug-likeness (QED) is 0.732. The van der Waals surface area contributed by atoms with Crippen LogP contribution < -0.4 is 0 Å². The van der Waals surface area contributed by atoms with E-state index in [1.807, 2.05) is 37.3 Å². The van der Waals surface area contributed by atoms with Crippen LogP contribution in [0.1, 0.15) is 5.56 Å². The minimum absolute atomic E-state index is 0.164. The van der Waals surface area contributed by atoms with E-state index < -0.39 is 0 Å². The Kier molecular flexibility index (Phi) is 3.20. The standard InChI is InChI=1S/C16H13ClN2O/c1-10-4-2-3-5-12(10)14-9-15(19-18-14)13-8-11(17)6-7-16(13)20/h2-9,20H,1H3,(H,18,19). The molecule has 0 unspecified atom stereocenters. The number of hydrogen-bond donors (Lipinski definition) is 2. The van der Waals surface area contributed by atoms with Gasteiger partial charge < -0.3 is 5.11 Å². The van der Waals surface area contributed by atoms with E-state index in [0.29, 0.717) is 16.3 Å². The molecule has 0 fully saturated rings. The molecule has 0 atom stereocenters. The van der Waals surface area contributed by atoms with Gasteiger partial charge in [0.2, 0.25) is 0 Å². The summed E-state index contributed by atoms with van der Waals surface area (Å²) in [7, 11) is 0. The third kappa shape index (κ3) is 2.28. The molecule has 1 heterocycles. The summed E-state index contributed by atoms with van der Waals surface area (Å²) >= 11 is 5.97. The summed E-state index contributed by atoms with van der Waals surface area (Å²) in [4.78, 5) is 0. The van der Waals surface area contributed by atoms with Crippen molar-refractivity contribution >= 4 is 11.6 Å². The summed E-state index contributed by atoms with van der Waals surface area (Å²) in [5.74, 6) is 0.164. The van der Waals surface area contributed by atoms with Crippen LogP contribution >= 0.6 is 11.6 Å². The lowest BCUT2D eigenvalue weighted by atomic mass is 10.0. The number of H-pyrrole nitrogens is 1. The zero-order valence-corrected chi connectivity index (χ0v) is 11.6. The molecule has 100 valence electrons. The first-order chi connectivity index (χ1) is 9.65. The topological polar surface area (TPSA) is 48.9 Å². The van der Waals surface area contributed by atoms with Crippen molar-refractivity contribution in [3.63, 3.8) is 0 Å². The molecule has 0 aliphatic rings. The second-order valence-electron chi connectivity index (χ2n) is 4.64. The molecule has 1 aromatic heterocycles. The Morgan fingerprint density at radius 2 is 1.85 bits per heavy atom. The van der Waals surface area contributed by atoms with Crippen LogP contribution in [0.15, 0.2) is 48.5 Å². The van der Waals surface area contributed by atoms with Gasteiger partial charge in [-0.2, -0.15) is 5.10 Å². The summed E-state index contributed by atoms with van der Waals surface area (Å²) in [6.45, 7) is 2.05. The van der Waals surface area contributed by atoms with Crippen LogP contribution in [0.3, 0.4) is 0 Å². The molecule has 0 radical (unpaired) electrons. The van der Waals surface area contributed by atoms with Gasteiger partial charge in [-0.05, 0) is 36.8 Å². The first-order valence-corrected chi connectivity index (χ1v) is 6.63.